The zero-order chi connectivity index (χ0) is 14.7. The van der Waals surface area contributed by atoms with Crippen molar-refractivity contribution in [1.29, 1.82) is 0 Å². The zero-order valence-corrected chi connectivity index (χ0v) is 11.8. The average molecular weight is 300 g/mol. The van der Waals surface area contributed by atoms with Crippen LogP contribution < -0.4 is 0 Å². The van der Waals surface area contributed by atoms with Crippen LogP contribution in [0.15, 0.2) is 70.3 Å². The Balaban J connectivity index is 1.85. The second-order valence-corrected chi connectivity index (χ2v) is 6.41. The molecule has 0 aliphatic carbocycles. The van der Waals surface area contributed by atoms with Crippen molar-refractivity contribution in [1.82, 2.24) is 10.1 Å². The van der Waals surface area contributed by atoms with Gasteiger partial charge in [0.2, 0.25) is 9.84 Å². The number of nitrogens with zero attached hydrogens (tertiary/aromatic N) is 2. The quantitative estimate of drug-likeness (QED) is 0.740. The first-order valence-electron chi connectivity index (χ1n) is 6.30. The molecule has 0 amide bonds. The molecule has 0 radical (unpaired) electrons. The van der Waals surface area contributed by atoms with E-state index in [1.165, 1.54) is 12.3 Å². The van der Waals surface area contributed by atoms with Crippen molar-refractivity contribution in [3.63, 3.8) is 0 Å². The van der Waals surface area contributed by atoms with Gasteiger partial charge in [-0.05, 0) is 12.1 Å². The predicted octanol–water partition coefficient (Wildman–Crippen LogP) is 2.71. The van der Waals surface area contributed by atoms with Crippen molar-refractivity contribution in [3.05, 3.63) is 66.5 Å². The van der Waals surface area contributed by atoms with Gasteiger partial charge in [-0.3, -0.25) is 0 Å². The van der Waals surface area contributed by atoms with Gasteiger partial charge in [-0.25, -0.2) is 13.4 Å². The number of hydrogen-bond donors (Lipinski definition) is 0. The molecule has 3 rings (SSSR count). The maximum atomic E-state index is 12.2. The average Bonchev–Trinajstić information content (AvgIpc) is 2.97. The van der Waals surface area contributed by atoms with E-state index < -0.39 is 9.84 Å². The molecule has 0 bridgehead atoms. The molecule has 0 N–H and O–H groups in total. The van der Waals surface area contributed by atoms with Gasteiger partial charge in [-0.2, -0.15) is 0 Å². The molecule has 21 heavy (non-hydrogen) atoms. The third-order valence-corrected chi connectivity index (χ3v) is 4.47. The van der Waals surface area contributed by atoms with E-state index in [1.807, 2.05) is 30.3 Å². The molecule has 5 nitrogen and oxygen atoms in total. The number of sulfone groups is 1. The molecule has 0 spiro atoms. The van der Waals surface area contributed by atoms with E-state index >= 15 is 0 Å². The Morgan fingerprint density at radius 3 is 2.48 bits per heavy atom. The largest absolute Gasteiger partial charge is 0.356 e. The van der Waals surface area contributed by atoms with Crippen LogP contribution in [0.4, 0.5) is 0 Å². The van der Waals surface area contributed by atoms with Crippen molar-refractivity contribution in [2.75, 3.05) is 0 Å². The van der Waals surface area contributed by atoms with Gasteiger partial charge in [0.1, 0.15) is 5.75 Å². The number of hydrogen-bond acceptors (Lipinski definition) is 5. The molecular weight excluding hydrogens is 288 g/mol. The van der Waals surface area contributed by atoms with E-state index in [-0.39, 0.29) is 10.8 Å². The van der Waals surface area contributed by atoms with E-state index in [1.54, 1.807) is 18.2 Å². The highest BCUT2D eigenvalue weighted by Gasteiger charge is 2.19. The second kappa shape index (κ2) is 5.49. The minimum Gasteiger partial charge on any atom is -0.356 e. The highest BCUT2D eigenvalue weighted by atomic mass is 32.2. The summed E-state index contributed by atoms with van der Waals surface area (Å²) in [6.07, 6.45) is 1.45. The van der Waals surface area contributed by atoms with Crippen LogP contribution in [0, 0.1) is 0 Å². The van der Waals surface area contributed by atoms with Crippen LogP contribution in [0.5, 0.6) is 0 Å². The highest BCUT2D eigenvalue weighted by molar-refractivity contribution is 7.90. The second-order valence-electron chi connectivity index (χ2n) is 4.48. The Morgan fingerprint density at radius 2 is 1.76 bits per heavy atom. The van der Waals surface area contributed by atoms with Gasteiger partial charge in [0.15, 0.2) is 10.8 Å². The van der Waals surface area contributed by atoms with E-state index in [4.69, 9.17) is 4.52 Å². The Labute approximate surface area is 122 Å². The fraction of sp³-hybridized carbons (Fsp3) is 0.0667. The van der Waals surface area contributed by atoms with Crippen LogP contribution in [0.2, 0.25) is 0 Å². The molecule has 3 aromatic rings. The van der Waals surface area contributed by atoms with Crippen LogP contribution in [0.3, 0.4) is 0 Å². The number of pyridine rings is 1. The lowest BCUT2D eigenvalue weighted by molar-refractivity contribution is 0.425. The smallest absolute Gasteiger partial charge is 0.201 e. The summed E-state index contributed by atoms with van der Waals surface area (Å²) >= 11 is 0. The molecule has 0 atom stereocenters. The SMILES string of the molecule is O=S(=O)(Cc1cc(-c2ccccc2)on1)c1ccccn1. The topological polar surface area (TPSA) is 73.1 Å². The lowest BCUT2D eigenvalue weighted by atomic mass is 10.2. The van der Waals surface area contributed by atoms with Crippen molar-refractivity contribution in [2.24, 2.45) is 0 Å². The maximum Gasteiger partial charge on any atom is 0.201 e. The summed E-state index contributed by atoms with van der Waals surface area (Å²) in [6.45, 7) is 0. The summed E-state index contributed by atoms with van der Waals surface area (Å²) in [5.41, 5.74) is 1.21. The number of benzene rings is 1. The maximum absolute atomic E-state index is 12.2. The van der Waals surface area contributed by atoms with Gasteiger partial charge in [0.05, 0.1) is 5.69 Å². The van der Waals surface area contributed by atoms with Gasteiger partial charge in [0, 0.05) is 17.8 Å². The Morgan fingerprint density at radius 1 is 1.00 bits per heavy atom. The lowest BCUT2D eigenvalue weighted by Gasteiger charge is -1.99. The summed E-state index contributed by atoms with van der Waals surface area (Å²) in [4.78, 5) is 3.87. The summed E-state index contributed by atoms with van der Waals surface area (Å²) in [5.74, 6) is 0.308. The Kier molecular flexibility index (Phi) is 3.53. The van der Waals surface area contributed by atoms with Crippen LogP contribution in [-0.4, -0.2) is 18.6 Å². The molecule has 0 saturated carbocycles. The van der Waals surface area contributed by atoms with Crippen LogP contribution in [0.25, 0.3) is 11.3 Å². The summed E-state index contributed by atoms with van der Waals surface area (Å²) < 4.78 is 29.6. The third kappa shape index (κ3) is 3.00. The van der Waals surface area contributed by atoms with Gasteiger partial charge < -0.3 is 4.52 Å². The normalized spacial score (nSPS) is 11.4. The van der Waals surface area contributed by atoms with Crippen molar-refractivity contribution >= 4 is 9.84 Å². The first-order chi connectivity index (χ1) is 10.1. The van der Waals surface area contributed by atoms with Crippen molar-refractivity contribution < 1.29 is 12.9 Å². The Bertz CT molecular complexity index is 828. The zero-order valence-electron chi connectivity index (χ0n) is 11.0. The predicted molar refractivity (Wildman–Crippen MR) is 77.1 cm³/mol. The molecule has 1 aromatic carbocycles. The van der Waals surface area contributed by atoms with E-state index in [0.29, 0.717) is 11.5 Å². The molecule has 0 saturated heterocycles. The van der Waals surface area contributed by atoms with Crippen LogP contribution in [0.1, 0.15) is 5.69 Å². The van der Waals surface area contributed by atoms with Crippen molar-refractivity contribution in [3.8, 4) is 11.3 Å². The standard InChI is InChI=1S/C15H12N2O3S/c18-21(19,15-8-4-5-9-16-15)11-13-10-14(20-17-13)12-6-2-1-3-7-12/h1-10H,11H2. The van der Waals surface area contributed by atoms with Crippen molar-refractivity contribution in [2.45, 2.75) is 10.8 Å². The molecular formula is C15H12N2O3S. The van der Waals surface area contributed by atoms with Gasteiger partial charge in [-0.15, -0.1) is 0 Å². The fourth-order valence-corrected chi connectivity index (χ4v) is 3.10. The minimum absolute atomic E-state index is 0.0364. The fourth-order valence-electron chi connectivity index (χ4n) is 1.92. The number of aromatic nitrogens is 2. The highest BCUT2D eigenvalue weighted by Crippen LogP contribution is 2.21. The molecule has 0 aliphatic rings. The molecule has 0 fully saturated rings. The minimum atomic E-state index is -3.52. The summed E-state index contributed by atoms with van der Waals surface area (Å²) in [6, 6.07) is 15.8. The molecule has 2 aromatic heterocycles. The van der Waals surface area contributed by atoms with Crippen LogP contribution >= 0.6 is 0 Å². The molecule has 0 aliphatic heterocycles. The summed E-state index contributed by atoms with van der Waals surface area (Å²) in [5, 5.41) is 3.86. The van der Waals surface area contributed by atoms with E-state index in [9.17, 15) is 8.42 Å². The first-order valence-corrected chi connectivity index (χ1v) is 7.95. The summed E-state index contributed by atoms with van der Waals surface area (Å²) in [7, 11) is -3.52. The van der Waals surface area contributed by atoms with Gasteiger partial charge in [-0.1, -0.05) is 41.6 Å². The van der Waals surface area contributed by atoms with Gasteiger partial charge >= 0.3 is 0 Å². The molecule has 0 unspecified atom stereocenters. The Hall–Kier alpha value is -2.47. The third-order valence-electron chi connectivity index (χ3n) is 2.91. The molecule has 106 valence electrons. The lowest BCUT2D eigenvalue weighted by Crippen LogP contribution is -2.06. The molecule has 2 heterocycles. The monoisotopic (exact) mass is 300 g/mol. The van der Waals surface area contributed by atoms with E-state index in [2.05, 4.69) is 10.1 Å². The van der Waals surface area contributed by atoms with Crippen LogP contribution in [-0.2, 0) is 15.6 Å². The van der Waals surface area contributed by atoms with E-state index in [0.717, 1.165) is 5.56 Å². The number of rotatable bonds is 4. The van der Waals surface area contributed by atoms with Gasteiger partial charge in [0.25, 0.3) is 0 Å². The molecule has 6 heteroatoms. The first kappa shape index (κ1) is 13.5.